The SMILES string of the molecule is Cc1nc2sc(C(=O)NC3CC3)c(C3CC3)c2c(C)c1Cl. The highest BCUT2D eigenvalue weighted by Gasteiger charge is 2.35. The Balaban J connectivity index is 1.91. The van der Waals surface area contributed by atoms with Crippen LogP contribution in [0.15, 0.2) is 0 Å². The smallest absolute Gasteiger partial charge is 0.261 e. The van der Waals surface area contributed by atoms with Crippen molar-refractivity contribution >= 4 is 39.1 Å². The number of aryl methyl sites for hydroxylation is 2. The summed E-state index contributed by atoms with van der Waals surface area (Å²) in [5.74, 6) is 0.591. The van der Waals surface area contributed by atoms with Crippen LogP contribution in [0.1, 0.15) is 58.1 Å². The molecule has 5 heteroatoms. The molecule has 2 aromatic rings. The van der Waals surface area contributed by atoms with Crippen molar-refractivity contribution in [2.75, 3.05) is 0 Å². The second-order valence-corrected chi connectivity index (χ2v) is 7.56. The van der Waals surface area contributed by atoms with Gasteiger partial charge in [-0.2, -0.15) is 0 Å². The van der Waals surface area contributed by atoms with E-state index in [9.17, 15) is 4.79 Å². The normalized spacial score (nSPS) is 18.2. The number of aromatic nitrogens is 1. The summed E-state index contributed by atoms with van der Waals surface area (Å²) >= 11 is 7.90. The maximum atomic E-state index is 12.5. The average Bonchev–Trinajstić information content (AvgIpc) is 3.35. The maximum Gasteiger partial charge on any atom is 0.261 e. The molecule has 2 saturated carbocycles. The monoisotopic (exact) mass is 320 g/mol. The van der Waals surface area contributed by atoms with Crippen molar-refractivity contribution in [1.29, 1.82) is 0 Å². The number of halogens is 1. The van der Waals surface area contributed by atoms with E-state index < -0.39 is 0 Å². The standard InChI is InChI=1S/C16H17ClN2OS/c1-7-11-12(9-3-4-9)14(15(20)19-10-5-6-10)21-16(11)18-8(2)13(7)17/h9-10H,3-6H2,1-2H3,(H,19,20). The van der Waals surface area contributed by atoms with Crippen LogP contribution in [-0.2, 0) is 0 Å². The zero-order valence-corrected chi connectivity index (χ0v) is 13.7. The molecule has 2 aromatic heterocycles. The van der Waals surface area contributed by atoms with Gasteiger partial charge in [-0.1, -0.05) is 11.6 Å². The molecule has 1 amide bonds. The molecule has 1 N–H and O–H groups in total. The average molecular weight is 321 g/mol. The van der Waals surface area contributed by atoms with Gasteiger partial charge < -0.3 is 5.32 Å². The summed E-state index contributed by atoms with van der Waals surface area (Å²) in [7, 11) is 0. The molecular weight excluding hydrogens is 304 g/mol. The summed E-state index contributed by atoms with van der Waals surface area (Å²) < 4.78 is 0. The minimum atomic E-state index is 0.0792. The lowest BCUT2D eigenvalue weighted by atomic mass is 10.0. The van der Waals surface area contributed by atoms with Gasteiger partial charge in [0, 0.05) is 11.4 Å². The molecule has 2 heterocycles. The van der Waals surface area contributed by atoms with E-state index >= 15 is 0 Å². The lowest BCUT2D eigenvalue weighted by molar-refractivity contribution is 0.0954. The van der Waals surface area contributed by atoms with Crippen LogP contribution in [-0.4, -0.2) is 16.9 Å². The maximum absolute atomic E-state index is 12.5. The second kappa shape index (κ2) is 4.68. The highest BCUT2D eigenvalue weighted by atomic mass is 35.5. The van der Waals surface area contributed by atoms with Crippen LogP contribution in [0.2, 0.25) is 5.02 Å². The van der Waals surface area contributed by atoms with E-state index in [4.69, 9.17) is 11.6 Å². The van der Waals surface area contributed by atoms with Crippen molar-refractivity contribution in [2.24, 2.45) is 0 Å². The first-order chi connectivity index (χ1) is 10.1. The van der Waals surface area contributed by atoms with Gasteiger partial charge in [0.25, 0.3) is 5.91 Å². The fourth-order valence-corrected chi connectivity index (χ4v) is 4.27. The van der Waals surface area contributed by atoms with E-state index in [0.717, 1.165) is 44.2 Å². The predicted molar refractivity (Wildman–Crippen MR) is 86.6 cm³/mol. The molecule has 3 nitrogen and oxygen atoms in total. The van der Waals surface area contributed by atoms with Gasteiger partial charge in [0.15, 0.2) is 0 Å². The molecule has 0 atom stereocenters. The number of hydrogen-bond acceptors (Lipinski definition) is 3. The molecule has 2 aliphatic carbocycles. The fourth-order valence-electron chi connectivity index (χ4n) is 2.86. The van der Waals surface area contributed by atoms with E-state index in [1.165, 1.54) is 29.7 Å². The van der Waals surface area contributed by atoms with Gasteiger partial charge in [-0.25, -0.2) is 4.98 Å². The van der Waals surface area contributed by atoms with Crippen LogP contribution in [0.3, 0.4) is 0 Å². The van der Waals surface area contributed by atoms with Gasteiger partial charge in [0.05, 0.1) is 15.6 Å². The molecule has 0 saturated heterocycles. The topological polar surface area (TPSA) is 42.0 Å². The number of carbonyl (C=O) groups is 1. The lowest BCUT2D eigenvalue weighted by Gasteiger charge is -2.07. The third kappa shape index (κ3) is 2.25. The van der Waals surface area contributed by atoms with Crippen molar-refractivity contribution in [3.8, 4) is 0 Å². The zero-order chi connectivity index (χ0) is 14.7. The Bertz CT molecular complexity index is 759. The van der Waals surface area contributed by atoms with E-state index in [-0.39, 0.29) is 5.91 Å². The molecule has 2 fully saturated rings. The summed E-state index contributed by atoms with van der Waals surface area (Å²) in [6.45, 7) is 3.97. The van der Waals surface area contributed by atoms with Crippen molar-refractivity contribution in [3.63, 3.8) is 0 Å². The number of pyridine rings is 1. The first-order valence-corrected chi connectivity index (χ1v) is 8.65. The van der Waals surface area contributed by atoms with Crippen molar-refractivity contribution in [2.45, 2.75) is 51.5 Å². The van der Waals surface area contributed by atoms with Gasteiger partial charge in [-0.15, -0.1) is 11.3 Å². The number of nitrogens with one attached hydrogen (secondary N) is 1. The van der Waals surface area contributed by atoms with Crippen LogP contribution < -0.4 is 5.32 Å². The number of nitrogens with zero attached hydrogens (tertiary/aromatic N) is 1. The number of thiophene rings is 1. The number of carbonyl (C=O) groups excluding carboxylic acids is 1. The van der Waals surface area contributed by atoms with Gasteiger partial charge in [-0.05, 0) is 56.6 Å². The molecule has 0 unspecified atom stereocenters. The van der Waals surface area contributed by atoms with Crippen LogP contribution >= 0.6 is 22.9 Å². The second-order valence-electron chi connectivity index (χ2n) is 6.18. The van der Waals surface area contributed by atoms with Crippen LogP contribution in [0, 0.1) is 13.8 Å². The molecule has 110 valence electrons. The van der Waals surface area contributed by atoms with Gasteiger partial charge >= 0.3 is 0 Å². The van der Waals surface area contributed by atoms with Crippen molar-refractivity contribution in [1.82, 2.24) is 10.3 Å². The van der Waals surface area contributed by atoms with E-state index in [1.54, 1.807) is 0 Å². The lowest BCUT2D eigenvalue weighted by Crippen LogP contribution is -2.25. The van der Waals surface area contributed by atoms with E-state index in [2.05, 4.69) is 10.3 Å². The number of amides is 1. The Morgan fingerprint density at radius 2 is 2.00 bits per heavy atom. The Morgan fingerprint density at radius 3 is 2.62 bits per heavy atom. The third-order valence-corrected chi connectivity index (χ3v) is 5.98. The van der Waals surface area contributed by atoms with Gasteiger partial charge in [0.2, 0.25) is 0 Å². The third-order valence-electron chi connectivity index (χ3n) is 4.32. The zero-order valence-electron chi connectivity index (χ0n) is 12.1. The first-order valence-electron chi connectivity index (χ1n) is 7.46. The Labute approximate surface area is 132 Å². The molecular formula is C16H17ClN2OS. The molecule has 0 aromatic carbocycles. The first kappa shape index (κ1) is 13.5. The molecule has 2 aliphatic rings. The largest absolute Gasteiger partial charge is 0.349 e. The van der Waals surface area contributed by atoms with Gasteiger partial charge in [-0.3, -0.25) is 4.79 Å². The van der Waals surface area contributed by atoms with E-state index in [1.807, 2.05) is 13.8 Å². The molecule has 0 radical (unpaired) electrons. The van der Waals surface area contributed by atoms with Crippen LogP contribution in [0.5, 0.6) is 0 Å². The molecule has 0 spiro atoms. The number of fused-ring (bicyclic) bond motifs is 1. The quantitative estimate of drug-likeness (QED) is 0.914. The molecule has 21 heavy (non-hydrogen) atoms. The summed E-state index contributed by atoms with van der Waals surface area (Å²) in [5.41, 5.74) is 3.11. The van der Waals surface area contributed by atoms with Crippen LogP contribution in [0.4, 0.5) is 0 Å². The van der Waals surface area contributed by atoms with Gasteiger partial charge in [0.1, 0.15) is 4.83 Å². The van der Waals surface area contributed by atoms with Crippen LogP contribution in [0.25, 0.3) is 10.2 Å². The summed E-state index contributed by atoms with van der Waals surface area (Å²) in [4.78, 5) is 19.0. The van der Waals surface area contributed by atoms with Crippen molar-refractivity contribution < 1.29 is 4.79 Å². The highest BCUT2D eigenvalue weighted by molar-refractivity contribution is 7.20. The number of hydrogen-bond donors (Lipinski definition) is 1. The minimum Gasteiger partial charge on any atom is -0.349 e. The minimum absolute atomic E-state index is 0.0792. The Hall–Kier alpha value is -1.13. The highest BCUT2D eigenvalue weighted by Crippen LogP contribution is 2.49. The molecule has 0 aliphatic heterocycles. The van der Waals surface area contributed by atoms with E-state index in [0.29, 0.717) is 12.0 Å². The Morgan fingerprint density at radius 1 is 1.29 bits per heavy atom. The molecule has 0 bridgehead atoms. The fraction of sp³-hybridized carbons (Fsp3) is 0.500. The number of rotatable bonds is 3. The van der Waals surface area contributed by atoms with Crippen molar-refractivity contribution in [3.05, 3.63) is 26.7 Å². The summed E-state index contributed by atoms with van der Waals surface area (Å²) in [6, 6.07) is 0.383. The predicted octanol–water partition coefficient (Wildman–Crippen LogP) is 4.34. The summed E-state index contributed by atoms with van der Waals surface area (Å²) in [6.07, 6.45) is 4.55. The molecule has 4 rings (SSSR count). The summed E-state index contributed by atoms with van der Waals surface area (Å²) in [5, 5.41) is 4.97. The Kier molecular flexibility index (Phi) is 3.02.